The Balaban J connectivity index is 3.62. The highest BCUT2D eigenvalue weighted by Crippen LogP contribution is 2.20. The molecule has 0 aliphatic heterocycles. The van der Waals surface area contributed by atoms with Gasteiger partial charge >= 0.3 is 0 Å². The van der Waals surface area contributed by atoms with Crippen LogP contribution in [-0.4, -0.2) is 10.7 Å². The van der Waals surface area contributed by atoms with Crippen LogP contribution < -0.4 is 0 Å². The molecule has 0 aromatic rings. The van der Waals surface area contributed by atoms with E-state index in [0.717, 1.165) is 18.8 Å². The summed E-state index contributed by atoms with van der Waals surface area (Å²) < 4.78 is 0. The quantitative estimate of drug-likeness (QED) is 0.603. The molecule has 0 heterocycles. The first-order chi connectivity index (χ1) is 7.37. The van der Waals surface area contributed by atoms with Crippen molar-refractivity contribution in [3.63, 3.8) is 0 Å². The van der Waals surface area contributed by atoms with Gasteiger partial charge in [-0.25, -0.2) is 0 Å². The molecule has 0 aliphatic rings. The standard InChI is InChI=1S/C15H28O/c1-6-15(5,16)12-8-11-14(4)10-7-9-13(2)3/h6,9,14,16H,1,7-8,10-12H2,2-5H3/t14-,15+/m0/s1. The van der Waals surface area contributed by atoms with E-state index in [1.807, 2.05) is 6.92 Å². The van der Waals surface area contributed by atoms with Crippen molar-refractivity contribution in [3.05, 3.63) is 24.3 Å². The zero-order chi connectivity index (χ0) is 12.6. The molecule has 1 N–H and O–H groups in total. The van der Waals surface area contributed by atoms with Crippen LogP contribution in [0.2, 0.25) is 0 Å². The highest BCUT2D eigenvalue weighted by molar-refractivity contribution is 4.93. The number of hydrogen-bond acceptors (Lipinski definition) is 1. The fraction of sp³-hybridized carbons (Fsp3) is 0.733. The van der Waals surface area contributed by atoms with Gasteiger partial charge < -0.3 is 5.11 Å². The minimum absolute atomic E-state index is 0.681. The van der Waals surface area contributed by atoms with Crippen LogP contribution in [0.25, 0.3) is 0 Å². The lowest BCUT2D eigenvalue weighted by Gasteiger charge is -2.19. The Bertz CT molecular complexity index is 222. The van der Waals surface area contributed by atoms with Gasteiger partial charge in [-0.3, -0.25) is 0 Å². The van der Waals surface area contributed by atoms with E-state index in [1.54, 1.807) is 6.08 Å². The predicted molar refractivity (Wildman–Crippen MR) is 72.5 cm³/mol. The summed E-state index contributed by atoms with van der Waals surface area (Å²) in [5, 5.41) is 9.76. The largest absolute Gasteiger partial charge is 0.386 e. The summed E-state index contributed by atoms with van der Waals surface area (Å²) in [5.41, 5.74) is 0.724. The zero-order valence-corrected chi connectivity index (χ0v) is 11.4. The summed E-state index contributed by atoms with van der Waals surface area (Å²) in [6.45, 7) is 12.1. The van der Waals surface area contributed by atoms with E-state index in [0.29, 0.717) is 0 Å². The van der Waals surface area contributed by atoms with Gasteiger partial charge in [-0.1, -0.05) is 37.5 Å². The van der Waals surface area contributed by atoms with E-state index < -0.39 is 5.60 Å². The summed E-state index contributed by atoms with van der Waals surface area (Å²) in [4.78, 5) is 0. The van der Waals surface area contributed by atoms with Gasteiger partial charge in [-0.15, -0.1) is 6.58 Å². The van der Waals surface area contributed by atoms with Gasteiger partial charge in [0.15, 0.2) is 0 Å². The maximum atomic E-state index is 9.76. The van der Waals surface area contributed by atoms with Gasteiger partial charge in [0.1, 0.15) is 0 Å². The second-order valence-electron chi connectivity index (χ2n) is 5.42. The van der Waals surface area contributed by atoms with E-state index in [9.17, 15) is 5.11 Å². The van der Waals surface area contributed by atoms with Crippen LogP contribution in [0.15, 0.2) is 24.3 Å². The van der Waals surface area contributed by atoms with Crippen LogP contribution in [-0.2, 0) is 0 Å². The van der Waals surface area contributed by atoms with Gasteiger partial charge in [0.25, 0.3) is 0 Å². The molecule has 0 unspecified atom stereocenters. The molecule has 0 saturated carbocycles. The fourth-order valence-electron chi connectivity index (χ4n) is 1.71. The van der Waals surface area contributed by atoms with Crippen molar-refractivity contribution < 1.29 is 5.11 Å². The summed E-state index contributed by atoms with van der Waals surface area (Å²) in [6, 6.07) is 0. The third kappa shape index (κ3) is 8.72. The molecule has 0 spiro atoms. The average Bonchev–Trinajstić information content (AvgIpc) is 2.17. The average molecular weight is 224 g/mol. The molecule has 0 radical (unpaired) electrons. The van der Waals surface area contributed by atoms with Gasteiger partial charge in [0.2, 0.25) is 0 Å². The Kier molecular flexibility index (Phi) is 7.40. The molecule has 94 valence electrons. The summed E-state index contributed by atoms with van der Waals surface area (Å²) >= 11 is 0. The lowest BCUT2D eigenvalue weighted by molar-refractivity contribution is 0.0975. The Morgan fingerprint density at radius 1 is 1.38 bits per heavy atom. The van der Waals surface area contributed by atoms with Crippen molar-refractivity contribution >= 4 is 0 Å². The fourth-order valence-corrected chi connectivity index (χ4v) is 1.71. The minimum Gasteiger partial charge on any atom is -0.386 e. The second-order valence-corrected chi connectivity index (χ2v) is 5.42. The van der Waals surface area contributed by atoms with E-state index in [-0.39, 0.29) is 0 Å². The van der Waals surface area contributed by atoms with Crippen LogP contribution in [0, 0.1) is 5.92 Å². The maximum absolute atomic E-state index is 9.76. The Morgan fingerprint density at radius 3 is 2.50 bits per heavy atom. The summed E-state index contributed by atoms with van der Waals surface area (Å²) in [6.07, 6.45) is 9.47. The van der Waals surface area contributed by atoms with Gasteiger partial charge in [-0.05, 0) is 46.0 Å². The number of rotatable bonds is 8. The molecule has 0 amide bonds. The van der Waals surface area contributed by atoms with Crippen molar-refractivity contribution in [2.24, 2.45) is 5.92 Å². The first-order valence-electron chi connectivity index (χ1n) is 6.36. The third-order valence-electron chi connectivity index (χ3n) is 3.03. The highest BCUT2D eigenvalue weighted by Gasteiger charge is 2.14. The minimum atomic E-state index is -0.681. The van der Waals surface area contributed by atoms with Crippen molar-refractivity contribution in [1.82, 2.24) is 0 Å². The van der Waals surface area contributed by atoms with E-state index in [1.165, 1.54) is 24.8 Å². The van der Waals surface area contributed by atoms with Crippen LogP contribution in [0.1, 0.15) is 59.8 Å². The Hall–Kier alpha value is -0.560. The normalized spacial score (nSPS) is 16.3. The molecule has 2 atom stereocenters. The van der Waals surface area contributed by atoms with E-state index in [2.05, 4.69) is 33.4 Å². The molecule has 0 saturated heterocycles. The van der Waals surface area contributed by atoms with Gasteiger partial charge in [-0.2, -0.15) is 0 Å². The SMILES string of the molecule is C=C[C@@](C)(O)CCC[C@@H](C)CCC=C(C)C. The number of allylic oxidation sites excluding steroid dienone is 2. The topological polar surface area (TPSA) is 20.2 Å². The zero-order valence-electron chi connectivity index (χ0n) is 11.4. The molecule has 0 aromatic carbocycles. The van der Waals surface area contributed by atoms with Crippen molar-refractivity contribution in [2.45, 2.75) is 65.4 Å². The lowest BCUT2D eigenvalue weighted by Crippen LogP contribution is -2.20. The molecular formula is C15H28O. The Morgan fingerprint density at radius 2 is 2.00 bits per heavy atom. The lowest BCUT2D eigenvalue weighted by atomic mass is 9.93. The smallest absolute Gasteiger partial charge is 0.0797 e. The number of aliphatic hydroxyl groups is 1. The van der Waals surface area contributed by atoms with Gasteiger partial charge in [0.05, 0.1) is 5.60 Å². The third-order valence-corrected chi connectivity index (χ3v) is 3.03. The molecular weight excluding hydrogens is 196 g/mol. The van der Waals surface area contributed by atoms with Crippen molar-refractivity contribution in [1.29, 1.82) is 0 Å². The van der Waals surface area contributed by atoms with E-state index in [4.69, 9.17) is 0 Å². The van der Waals surface area contributed by atoms with Crippen LogP contribution in [0.3, 0.4) is 0 Å². The monoisotopic (exact) mass is 224 g/mol. The Labute approximate surface area is 101 Å². The van der Waals surface area contributed by atoms with Gasteiger partial charge in [0, 0.05) is 0 Å². The molecule has 16 heavy (non-hydrogen) atoms. The summed E-state index contributed by atoms with van der Waals surface area (Å²) in [7, 11) is 0. The predicted octanol–water partition coefficient (Wildman–Crippen LogP) is 4.48. The van der Waals surface area contributed by atoms with Crippen molar-refractivity contribution in [2.75, 3.05) is 0 Å². The molecule has 0 aromatic heterocycles. The first kappa shape index (κ1) is 15.4. The van der Waals surface area contributed by atoms with Crippen LogP contribution in [0.5, 0.6) is 0 Å². The van der Waals surface area contributed by atoms with Crippen LogP contribution in [0.4, 0.5) is 0 Å². The molecule has 0 bridgehead atoms. The molecule has 0 aliphatic carbocycles. The van der Waals surface area contributed by atoms with Crippen molar-refractivity contribution in [3.8, 4) is 0 Å². The molecule has 1 heteroatoms. The summed E-state index contributed by atoms with van der Waals surface area (Å²) in [5.74, 6) is 0.746. The van der Waals surface area contributed by atoms with E-state index >= 15 is 0 Å². The molecule has 0 fully saturated rings. The first-order valence-corrected chi connectivity index (χ1v) is 6.36. The maximum Gasteiger partial charge on any atom is 0.0797 e. The molecule has 1 nitrogen and oxygen atoms in total. The van der Waals surface area contributed by atoms with Crippen LogP contribution >= 0.6 is 0 Å². The highest BCUT2D eigenvalue weighted by atomic mass is 16.3. The number of hydrogen-bond donors (Lipinski definition) is 1. The molecule has 0 rings (SSSR count). The second kappa shape index (κ2) is 7.67.